The quantitative estimate of drug-likeness (QED) is 0.705. The molecule has 1 unspecified atom stereocenters. The number of morpholine rings is 1. The summed E-state index contributed by atoms with van der Waals surface area (Å²) >= 11 is 0. The number of nitrogens with zero attached hydrogens (tertiary/aromatic N) is 2. The first-order chi connectivity index (χ1) is 9.90. The van der Waals surface area contributed by atoms with Gasteiger partial charge in [0.05, 0.1) is 19.3 Å². The normalized spacial score (nSPS) is 19.4. The molecular weight excluding hydrogens is 254 g/mol. The zero-order valence-corrected chi connectivity index (χ0v) is 12.6. The Hall–Kier alpha value is -0.940. The molecule has 2 heterocycles. The second-order valence-electron chi connectivity index (χ2n) is 5.50. The van der Waals surface area contributed by atoms with Gasteiger partial charge in [-0.2, -0.15) is 4.98 Å². The summed E-state index contributed by atoms with van der Waals surface area (Å²) in [6.07, 6.45) is 10.0. The van der Waals surface area contributed by atoms with Gasteiger partial charge in [-0.25, -0.2) is 0 Å². The minimum absolute atomic E-state index is 0.0929. The molecule has 1 aliphatic rings. The van der Waals surface area contributed by atoms with E-state index in [1.807, 2.05) is 0 Å². The summed E-state index contributed by atoms with van der Waals surface area (Å²) in [5, 5.41) is 7.39. The zero-order chi connectivity index (χ0) is 14.0. The summed E-state index contributed by atoms with van der Waals surface area (Å²) in [7, 11) is 0. The van der Waals surface area contributed by atoms with Crippen LogP contribution < -0.4 is 5.32 Å². The topological polar surface area (TPSA) is 60.2 Å². The van der Waals surface area contributed by atoms with Crippen molar-refractivity contribution in [2.75, 3.05) is 19.8 Å². The second-order valence-corrected chi connectivity index (χ2v) is 5.50. The molecule has 1 aliphatic heterocycles. The molecule has 1 N–H and O–H groups in total. The van der Waals surface area contributed by atoms with Crippen LogP contribution in [0.5, 0.6) is 0 Å². The van der Waals surface area contributed by atoms with Crippen molar-refractivity contribution in [3.8, 4) is 0 Å². The molecule has 5 heteroatoms. The average Bonchev–Trinajstić information content (AvgIpc) is 2.96. The van der Waals surface area contributed by atoms with Crippen molar-refractivity contribution in [2.45, 2.75) is 64.3 Å². The Morgan fingerprint density at radius 1 is 1.15 bits per heavy atom. The maximum atomic E-state index is 5.41. The third-order valence-electron chi connectivity index (χ3n) is 3.71. The maximum absolute atomic E-state index is 5.41. The fourth-order valence-electron chi connectivity index (χ4n) is 2.48. The first-order valence-electron chi connectivity index (χ1n) is 8.03. The molecule has 0 spiro atoms. The number of unbranched alkanes of at least 4 members (excludes halogenated alkanes) is 6. The van der Waals surface area contributed by atoms with Crippen LogP contribution in [0.15, 0.2) is 4.52 Å². The van der Waals surface area contributed by atoms with Crippen LogP contribution in [0, 0.1) is 0 Å². The van der Waals surface area contributed by atoms with Gasteiger partial charge in [-0.1, -0.05) is 50.6 Å². The molecule has 5 nitrogen and oxygen atoms in total. The van der Waals surface area contributed by atoms with Gasteiger partial charge in [0.25, 0.3) is 0 Å². The van der Waals surface area contributed by atoms with Gasteiger partial charge in [-0.05, 0) is 6.42 Å². The number of aromatic nitrogens is 2. The highest BCUT2D eigenvalue weighted by Gasteiger charge is 2.20. The molecule has 1 aromatic heterocycles. The predicted molar refractivity (Wildman–Crippen MR) is 77.6 cm³/mol. The van der Waals surface area contributed by atoms with Gasteiger partial charge in [0.15, 0.2) is 5.82 Å². The largest absolute Gasteiger partial charge is 0.378 e. The number of aryl methyl sites for hydroxylation is 1. The second kappa shape index (κ2) is 9.08. The maximum Gasteiger partial charge on any atom is 0.226 e. The molecule has 0 amide bonds. The summed E-state index contributed by atoms with van der Waals surface area (Å²) in [6.45, 7) is 4.50. The van der Waals surface area contributed by atoms with E-state index in [-0.39, 0.29) is 6.04 Å². The van der Waals surface area contributed by atoms with Gasteiger partial charge >= 0.3 is 0 Å². The Morgan fingerprint density at radius 3 is 2.70 bits per heavy atom. The number of hydrogen-bond donors (Lipinski definition) is 1. The first kappa shape index (κ1) is 15.4. The molecule has 20 heavy (non-hydrogen) atoms. The highest BCUT2D eigenvalue weighted by molar-refractivity contribution is 4.95. The Morgan fingerprint density at radius 2 is 1.95 bits per heavy atom. The lowest BCUT2D eigenvalue weighted by molar-refractivity contribution is 0.0734. The number of hydrogen-bond acceptors (Lipinski definition) is 5. The zero-order valence-electron chi connectivity index (χ0n) is 12.6. The summed E-state index contributed by atoms with van der Waals surface area (Å²) in [5.41, 5.74) is 0. The molecule has 2 rings (SSSR count). The molecule has 1 saturated heterocycles. The van der Waals surface area contributed by atoms with Gasteiger partial charge in [0.1, 0.15) is 0 Å². The van der Waals surface area contributed by atoms with Crippen LogP contribution in [0.25, 0.3) is 0 Å². The van der Waals surface area contributed by atoms with E-state index in [0.717, 1.165) is 37.7 Å². The van der Waals surface area contributed by atoms with E-state index >= 15 is 0 Å². The van der Waals surface area contributed by atoms with Crippen LogP contribution in [0.2, 0.25) is 0 Å². The SMILES string of the molecule is CCCCCCCCCc1nc(C2COCCN2)no1. The van der Waals surface area contributed by atoms with Crippen LogP contribution in [-0.2, 0) is 11.2 Å². The lowest BCUT2D eigenvalue weighted by atomic mass is 10.1. The van der Waals surface area contributed by atoms with Gasteiger partial charge in [-0.3, -0.25) is 0 Å². The number of rotatable bonds is 9. The molecule has 1 aromatic rings. The van der Waals surface area contributed by atoms with E-state index in [1.54, 1.807) is 0 Å². The van der Waals surface area contributed by atoms with Gasteiger partial charge < -0.3 is 14.6 Å². The van der Waals surface area contributed by atoms with Crippen LogP contribution in [0.4, 0.5) is 0 Å². The minimum atomic E-state index is 0.0929. The monoisotopic (exact) mass is 281 g/mol. The Kier molecular flexibility index (Phi) is 7.01. The lowest BCUT2D eigenvalue weighted by Gasteiger charge is -2.20. The third-order valence-corrected chi connectivity index (χ3v) is 3.71. The molecule has 0 aliphatic carbocycles. The molecular formula is C15H27N3O2. The van der Waals surface area contributed by atoms with E-state index < -0.39 is 0 Å². The van der Waals surface area contributed by atoms with E-state index in [9.17, 15) is 0 Å². The fourth-order valence-corrected chi connectivity index (χ4v) is 2.48. The van der Waals surface area contributed by atoms with Crippen molar-refractivity contribution in [3.63, 3.8) is 0 Å². The average molecular weight is 281 g/mol. The smallest absolute Gasteiger partial charge is 0.226 e. The van der Waals surface area contributed by atoms with Gasteiger partial charge in [-0.15, -0.1) is 0 Å². The standard InChI is InChI=1S/C15H27N3O2/c1-2-3-4-5-6-7-8-9-14-17-15(18-20-14)13-12-19-11-10-16-13/h13,16H,2-12H2,1H3. The van der Waals surface area contributed by atoms with Crippen molar-refractivity contribution < 1.29 is 9.26 Å². The molecule has 0 saturated carbocycles. The van der Waals surface area contributed by atoms with E-state index in [1.165, 1.54) is 38.5 Å². The molecule has 0 aromatic carbocycles. The van der Waals surface area contributed by atoms with E-state index in [0.29, 0.717) is 6.61 Å². The highest BCUT2D eigenvalue weighted by atomic mass is 16.5. The molecule has 0 radical (unpaired) electrons. The van der Waals surface area contributed by atoms with Crippen molar-refractivity contribution in [1.82, 2.24) is 15.5 Å². The summed E-state index contributed by atoms with van der Waals surface area (Å²) < 4.78 is 10.7. The lowest BCUT2D eigenvalue weighted by Crippen LogP contribution is -2.35. The Balaban J connectivity index is 1.60. The van der Waals surface area contributed by atoms with Crippen molar-refractivity contribution in [3.05, 3.63) is 11.7 Å². The predicted octanol–water partition coefficient (Wildman–Crippen LogP) is 3.02. The van der Waals surface area contributed by atoms with Crippen molar-refractivity contribution in [2.24, 2.45) is 0 Å². The fraction of sp³-hybridized carbons (Fsp3) is 0.867. The molecule has 114 valence electrons. The van der Waals surface area contributed by atoms with E-state index in [4.69, 9.17) is 9.26 Å². The molecule has 1 atom stereocenters. The number of ether oxygens (including phenoxy) is 1. The van der Waals surface area contributed by atoms with Crippen LogP contribution >= 0.6 is 0 Å². The van der Waals surface area contributed by atoms with Crippen LogP contribution in [0.3, 0.4) is 0 Å². The van der Waals surface area contributed by atoms with E-state index in [2.05, 4.69) is 22.4 Å². The van der Waals surface area contributed by atoms with Crippen LogP contribution in [0.1, 0.15) is 69.6 Å². The summed E-state index contributed by atoms with van der Waals surface area (Å²) in [5.74, 6) is 1.50. The summed E-state index contributed by atoms with van der Waals surface area (Å²) in [6, 6.07) is 0.0929. The van der Waals surface area contributed by atoms with Crippen molar-refractivity contribution >= 4 is 0 Å². The highest BCUT2D eigenvalue weighted by Crippen LogP contribution is 2.14. The van der Waals surface area contributed by atoms with Crippen LogP contribution in [-0.4, -0.2) is 29.9 Å². The number of nitrogens with one attached hydrogen (secondary N) is 1. The van der Waals surface area contributed by atoms with Crippen molar-refractivity contribution in [1.29, 1.82) is 0 Å². The Labute approximate surface area is 121 Å². The minimum Gasteiger partial charge on any atom is -0.378 e. The molecule has 1 fully saturated rings. The Bertz CT molecular complexity index is 362. The van der Waals surface area contributed by atoms with Gasteiger partial charge in [0.2, 0.25) is 5.89 Å². The van der Waals surface area contributed by atoms with Gasteiger partial charge in [0, 0.05) is 13.0 Å². The molecule has 0 bridgehead atoms. The summed E-state index contributed by atoms with van der Waals surface area (Å²) in [4.78, 5) is 4.46. The third kappa shape index (κ3) is 5.21. The first-order valence-corrected chi connectivity index (χ1v) is 8.03.